The van der Waals surface area contributed by atoms with Crippen molar-refractivity contribution in [3.05, 3.63) is 34.7 Å². The molecule has 0 saturated heterocycles. The summed E-state index contributed by atoms with van der Waals surface area (Å²) in [6, 6.07) is 7.67. The molecule has 0 spiro atoms. The summed E-state index contributed by atoms with van der Waals surface area (Å²) < 4.78 is 1.03. The van der Waals surface area contributed by atoms with Crippen LogP contribution in [-0.4, -0.2) is 11.1 Å². The van der Waals surface area contributed by atoms with Gasteiger partial charge in [0.1, 0.15) is 4.88 Å². The van der Waals surface area contributed by atoms with Crippen LogP contribution in [0.5, 0.6) is 0 Å². The molecule has 3 heteroatoms. The summed E-state index contributed by atoms with van der Waals surface area (Å²) in [6.45, 7) is 6.00. The van der Waals surface area contributed by atoms with Gasteiger partial charge in [-0.3, -0.25) is 0 Å². The van der Waals surface area contributed by atoms with Crippen molar-refractivity contribution in [2.45, 2.75) is 20.8 Å². The average Bonchev–Trinajstić information content (AvgIpc) is 2.63. The summed E-state index contributed by atoms with van der Waals surface area (Å²) >= 11 is 1.31. The highest BCUT2D eigenvalue weighted by Crippen LogP contribution is 2.26. The topological polar surface area (TPSA) is 37.3 Å². The van der Waals surface area contributed by atoms with E-state index < -0.39 is 5.97 Å². The predicted molar refractivity (Wildman–Crippen MR) is 64.9 cm³/mol. The number of hydrogen-bond acceptors (Lipinski definition) is 2. The van der Waals surface area contributed by atoms with Gasteiger partial charge in [-0.15, -0.1) is 11.3 Å². The zero-order valence-corrected chi connectivity index (χ0v) is 9.89. The standard InChI is InChI=1S/C10H8O2S.C2H6/c1-6-2-3-8-7(4-6)5-9(13-8)10(11)12;1-2/h2-5H,1H3,(H,11,12);1-2H3. The first kappa shape index (κ1) is 11.7. The molecule has 2 rings (SSSR count). The van der Waals surface area contributed by atoms with E-state index in [4.69, 9.17) is 5.11 Å². The van der Waals surface area contributed by atoms with Gasteiger partial charge in [0.15, 0.2) is 0 Å². The quantitative estimate of drug-likeness (QED) is 0.793. The fourth-order valence-corrected chi connectivity index (χ4v) is 2.15. The zero-order valence-electron chi connectivity index (χ0n) is 9.07. The molecule has 2 nitrogen and oxygen atoms in total. The Kier molecular flexibility index (Phi) is 3.86. The lowest BCUT2D eigenvalue weighted by atomic mass is 10.2. The summed E-state index contributed by atoms with van der Waals surface area (Å²) in [5.41, 5.74) is 1.15. The number of benzene rings is 1. The van der Waals surface area contributed by atoms with Crippen LogP contribution in [0.2, 0.25) is 0 Å². The molecule has 0 aliphatic heterocycles. The maximum atomic E-state index is 10.7. The van der Waals surface area contributed by atoms with Crippen molar-refractivity contribution in [2.24, 2.45) is 0 Å². The molecule has 0 bridgehead atoms. The van der Waals surface area contributed by atoms with Crippen LogP contribution in [0.15, 0.2) is 24.3 Å². The molecule has 0 radical (unpaired) electrons. The molecular weight excluding hydrogens is 208 g/mol. The Morgan fingerprint density at radius 2 is 1.93 bits per heavy atom. The van der Waals surface area contributed by atoms with Crippen LogP contribution in [0, 0.1) is 6.92 Å². The summed E-state index contributed by atoms with van der Waals surface area (Å²) in [7, 11) is 0. The van der Waals surface area contributed by atoms with Crippen molar-refractivity contribution >= 4 is 27.4 Å². The smallest absolute Gasteiger partial charge is 0.345 e. The zero-order chi connectivity index (χ0) is 11.4. The monoisotopic (exact) mass is 222 g/mol. The molecule has 1 aromatic carbocycles. The van der Waals surface area contributed by atoms with Crippen LogP contribution in [0.4, 0.5) is 0 Å². The number of rotatable bonds is 1. The lowest BCUT2D eigenvalue weighted by Crippen LogP contribution is -1.89. The van der Waals surface area contributed by atoms with Crippen LogP contribution in [-0.2, 0) is 0 Å². The Morgan fingerprint density at radius 1 is 1.27 bits per heavy atom. The van der Waals surface area contributed by atoms with Crippen molar-refractivity contribution in [1.82, 2.24) is 0 Å². The first-order valence-electron chi connectivity index (χ1n) is 4.90. The number of hydrogen-bond donors (Lipinski definition) is 1. The van der Waals surface area contributed by atoms with E-state index in [0.717, 1.165) is 15.6 Å². The van der Waals surface area contributed by atoms with Gasteiger partial charge < -0.3 is 5.11 Å². The maximum absolute atomic E-state index is 10.7. The third-order valence-corrected chi connectivity index (χ3v) is 2.99. The summed E-state index contributed by atoms with van der Waals surface area (Å²) in [4.78, 5) is 11.1. The highest BCUT2D eigenvalue weighted by molar-refractivity contribution is 7.20. The van der Waals surface area contributed by atoms with Gasteiger partial charge in [0.25, 0.3) is 0 Å². The van der Waals surface area contributed by atoms with E-state index in [1.807, 2.05) is 39.0 Å². The number of aromatic carboxylic acids is 1. The van der Waals surface area contributed by atoms with Gasteiger partial charge >= 0.3 is 5.97 Å². The molecule has 1 aromatic heterocycles. The second-order valence-corrected chi connectivity index (χ2v) is 4.04. The van der Waals surface area contributed by atoms with Gasteiger partial charge in [-0.2, -0.15) is 0 Å². The van der Waals surface area contributed by atoms with E-state index in [2.05, 4.69) is 0 Å². The van der Waals surface area contributed by atoms with Gasteiger partial charge in [-0.25, -0.2) is 4.79 Å². The Morgan fingerprint density at radius 3 is 2.53 bits per heavy atom. The number of aryl methyl sites for hydroxylation is 1. The predicted octanol–water partition coefficient (Wildman–Crippen LogP) is 3.93. The number of thiophene rings is 1. The van der Waals surface area contributed by atoms with Crippen LogP contribution >= 0.6 is 11.3 Å². The molecule has 15 heavy (non-hydrogen) atoms. The summed E-state index contributed by atoms with van der Waals surface area (Å²) in [5, 5.41) is 9.78. The van der Waals surface area contributed by atoms with E-state index in [-0.39, 0.29) is 0 Å². The molecular formula is C12H14O2S. The molecule has 0 unspecified atom stereocenters. The van der Waals surface area contributed by atoms with Gasteiger partial charge in [-0.05, 0) is 24.4 Å². The first-order valence-corrected chi connectivity index (χ1v) is 5.72. The van der Waals surface area contributed by atoms with Crippen molar-refractivity contribution in [2.75, 3.05) is 0 Å². The van der Waals surface area contributed by atoms with Crippen LogP contribution < -0.4 is 0 Å². The highest BCUT2D eigenvalue weighted by Gasteiger charge is 2.07. The fourth-order valence-electron chi connectivity index (χ4n) is 1.27. The largest absolute Gasteiger partial charge is 0.477 e. The molecule has 1 N–H and O–H groups in total. The molecule has 0 aliphatic carbocycles. The van der Waals surface area contributed by atoms with Crippen LogP contribution in [0.1, 0.15) is 29.1 Å². The van der Waals surface area contributed by atoms with Crippen LogP contribution in [0.3, 0.4) is 0 Å². The van der Waals surface area contributed by atoms with Gasteiger partial charge in [0, 0.05) is 4.70 Å². The Labute approximate surface area is 93.2 Å². The minimum atomic E-state index is -0.848. The van der Waals surface area contributed by atoms with Gasteiger partial charge in [-0.1, -0.05) is 31.5 Å². The van der Waals surface area contributed by atoms with Crippen molar-refractivity contribution < 1.29 is 9.90 Å². The second kappa shape index (κ2) is 4.94. The number of carbonyl (C=O) groups is 1. The number of carboxylic acids is 1. The molecule has 0 saturated carbocycles. The molecule has 1 heterocycles. The Hall–Kier alpha value is -1.35. The van der Waals surface area contributed by atoms with E-state index in [9.17, 15) is 4.79 Å². The van der Waals surface area contributed by atoms with E-state index in [1.165, 1.54) is 11.3 Å². The van der Waals surface area contributed by atoms with Crippen molar-refractivity contribution in [3.8, 4) is 0 Å². The second-order valence-electron chi connectivity index (χ2n) is 2.96. The van der Waals surface area contributed by atoms with Gasteiger partial charge in [0.05, 0.1) is 0 Å². The third-order valence-electron chi connectivity index (χ3n) is 1.88. The number of fused-ring (bicyclic) bond motifs is 1. The normalized spacial score (nSPS) is 9.53. The Bertz CT molecular complexity index is 471. The van der Waals surface area contributed by atoms with Crippen molar-refractivity contribution in [3.63, 3.8) is 0 Å². The SMILES string of the molecule is CC.Cc1ccc2sc(C(=O)O)cc2c1. The minimum absolute atomic E-state index is 0.403. The lowest BCUT2D eigenvalue weighted by molar-refractivity contribution is 0.0702. The van der Waals surface area contributed by atoms with Crippen LogP contribution in [0.25, 0.3) is 10.1 Å². The molecule has 0 aliphatic rings. The molecule has 80 valence electrons. The molecule has 2 aromatic rings. The number of carboxylic acid groups (broad SMARTS) is 1. The lowest BCUT2D eigenvalue weighted by Gasteiger charge is -1.89. The van der Waals surface area contributed by atoms with E-state index in [1.54, 1.807) is 6.07 Å². The minimum Gasteiger partial charge on any atom is -0.477 e. The highest BCUT2D eigenvalue weighted by atomic mass is 32.1. The fraction of sp³-hybridized carbons (Fsp3) is 0.250. The first-order chi connectivity index (χ1) is 7.16. The van der Waals surface area contributed by atoms with Crippen molar-refractivity contribution in [1.29, 1.82) is 0 Å². The van der Waals surface area contributed by atoms with E-state index in [0.29, 0.717) is 4.88 Å². The molecule has 0 atom stereocenters. The molecule has 0 amide bonds. The van der Waals surface area contributed by atoms with Gasteiger partial charge in [0.2, 0.25) is 0 Å². The van der Waals surface area contributed by atoms with E-state index >= 15 is 0 Å². The Balaban J connectivity index is 0.000000531. The molecule has 0 fully saturated rings. The summed E-state index contributed by atoms with van der Waals surface area (Å²) in [5.74, 6) is -0.848. The maximum Gasteiger partial charge on any atom is 0.345 e. The summed E-state index contributed by atoms with van der Waals surface area (Å²) in [6.07, 6.45) is 0. The third kappa shape index (κ3) is 2.57. The average molecular weight is 222 g/mol.